The molecule has 0 N–H and O–H groups in total. The van der Waals surface area contributed by atoms with E-state index in [4.69, 9.17) is 4.74 Å². The van der Waals surface area contributed by atoms with Crippen molar-refractivity contribution in [3.63, 3.8) is 0 Å². The fraction of sp³-hybridized carbons (Fsp3) is 0.720. The summed E-state index contributed by atoms with van der Waals surface area (Å²) in [5.74, 6) is -1.18. The van der Waals surface area contributed by atoms with Gasteiger partial charge in [0, 0.05) is 36.7 Å². The zero-order valence-electron chi connectivity index (χ0n) is 21.2. The quantitative estimate of drug-likeness (QED) is 0.350. The molecule has 0 radical (unpaired) electrons. The minimum Gasteiger partial charge on any atom is -0.464 e. The minimum atomic E-state index is -1.18. The van der Waals surface area contributed by atoms with Gasteiger partial charge in [0.15, 0.2) is 0 Å². The number of hydrogen-bond donors (Lipinski definition) is 0. The van der Waals surface area contributed by atoms with E-state index in [9.17, 15) is 19.7 Å². The van der Waals surface area contributed by atoms with Gasteiger partial charge in [0.2, 0.25) is 11.9 Å². The van der Waals surface area contributed by atoms with Crippen LogP contribution in [0.4, 0.5) is 5.82 Å². The van der Waals surface area contributed by atoms with Gasteiger partial charge < -0.3 is 14.5 Å². The van der Waals surface area contributed by atoms with Crippen LogP contribution in [0.2, 0.25) is 0 Å². The largest absolute Gasteiger partial charge is 0.464 e. The summed E-state index contributed by atoms with van der Waals surface area (Å²) in [6.07, 6.45) is 6.05. The highest BCUT2D eigenvalue weighted by Crippen LogP contribution is 2.51. The van der Waals surface area contributed by atoms with Gasteiger partial charge in [0.05, 0.1) is 12.5 Å². The average Bonchev–Trinajstić information content (AvgIpc) is 3.16. The zero-order chi connectivity index (χ0) is 25.2. The third-order valence-corrected chi connectivity index (χ3v) is 7.17. The molecule has 4 atom stereocenters. The lowest BCUT2D eigenvalue weighted by molar-refractivity contribution is -0.536. The van der Waals surface area contributed by atoms with Crippen LogP contribution >= 0.6 is 0 Å². The van der Waals surface area contributed by atoms with Crippen LogP contribution in [0.5, 0.6) is 0 Å². The van der Waals surface area contributed by atoms with Gasteiger partial charge in [-0.15, -0.1) is 0 Å². The molecule has 34 heavy (non-hydrogen) atoms. The van der Waals surface area contributed by atoms with Crippen LogP contribution < -0.4 is 4.90 Å². The number of rotatable bonds is 6. The normalized spacial score (nSPS) is 25.8. The summed E-state index contributed by atoms with van der Waals surface area (Å²) in [5, 5.41) is 12.7. The van der Waals surface area contributed by atoms with Crippen LogP contribution in [-0.4, -0.2) is 59.5 Å². The van der Waals surface area contributed by atoms with Crippen molar-refractivity contribution in [1.29, 1.82) is 0 Å². The molecule has 9 heteroatoms. The molecule has 1 aromatic heterocycles. The summed E-state index contributed by atoms with van der Waals surface area (Å²) in [5.41, 5.74) is -0.0467. The van der Waals surface area contributed by atoms with Gasteiger partial charge in [0.25, 0.3) is 0 Å². The lowest BCUT2D eigenvalue weighted by Gasteiger charge is -2.36. The molecule has 1 aromatic rings. The summed E-state index contributed by atoms with van der Waals surface area (Å²) < 4.78 is 5.43. The molecule has 1 saturated carbocycles. The molecule has 0 bridgehead atoms. The van der Waals surface area contributed by atoms with Gasteiger partial charge in [0.1, 0.15) is 17.9 Å². The van der Waals surface area contributed by atoms with Crippen LogP contribution in [0.15, 0.2) is 18.3 Å². The van der Waals surface area contributed by atoms with E-state index in [1.165, 1.54) is 4.90 Å². The molecule has 0 unspecified atom stereocenters. The number of nitro groups is 1. The Morgan fingerprint density at radius 1 is 1.24 bits per heavy atom. The Morgan fingerprint density at radius 3 is 2.41 bits per heavy atom. The molecule has 2 heterocycles. The Kier molecular flexibility index (Phi) is 7.83. The standard InChI is InChI=1S/C25H38N4O5/c1-7-34-24(31)21-18(25(2,3)4)20(29(32)33)19(17-14-11-15-26-22(17)27(5)6)28(21)23(30)16-12-9-8-10-13-16/h11,14-16,18-21H,7-10,12-13H2,1-6H3/t18-,19-,20-,21-/m1/s1. The van der Waals surface area contributed by atoms with Gasteiger partial charge in [-0.1, -0.05) is 46.1 Å². The van der Waals surface area contributed by atoms with Gasteiger partial charge in [-0.2, -0.15) is 0 Å². The third-order valence-electron chi connectivity index (χ3n) is 7.17. The van der Waals surface area contributed by atoms with Crippen molar-refractivity contribution in [3.8, 4) is 0 Å². The van der Waals surface area contributed by atoms with Gasteiger partial charge in [-0.05, 0) is 31.2 Å². The highest BCUT2D eigenvalue weighted by Gasteiger charge is 2.64. The lowest BCUT2D eigenvalue weighted by Crippen LogP contribution is -2.50. The molecule has 2 aliphatic rings. The van der Waals surface area contributed by atoms with Crippen LogP contribution in [0.25, 0.3) is 0 Å². The lowest BCUT2D eigenvalue weighted by atomic mass is 9.72. The zero-order valence-corrected chi connectivity index (χ0v) is 21.2. The van der Waals surface area contributed by atoms with Crippen molar-refractivity contribution in [2.75, 3.05) is 25.6 Å². The number of carbonyl (C=O) groups is 2. The smallest absolute Gasteiger partial charge is 0.329 e. The first-order chi connectivity index (χ1) is 16.0. The second-order valence-electron chi connectivity index (χ2n) is 10.7. The first-order valence-electron chi connectivity index (χ1n) is 12.2. The Hall–Kier alpha value is -2.71. The average molecular weight is 475 g/mol. The number of carbonyl (C=O) groups excluding carboxylic acids is 2. The highest BCUT2D eigenvalue weighted by molar-refractivity contribution is 5.88. The molecule has 188 valence electrons. The first-order valence-corrected chi connectivity index (χ1v) is 12.2. The van der Waals surface area contributed by atoms with E-state index in [2.05, 4.69) is 4.98 Å². The number of hydrogen-bond acceptors (Lipinski definition) is 7. The fourth-order valence-corrected chi connectivity index (χ4v) is 5.80. The fourth-order valence-electron chi connectivity index (χ4n) is 5.80. The van der Waals surface area contributed by atoms with E-state index in [1.54, 1.807) is 30.2 Å². The SMILES string of the molecule is CCOC(=O)[C@H]1[C@H](C(C)(C)C)[C@@H]([N+](=O)[O-])[C@@H](c2cccnc2N(C)C)N1C(=O)C1CCCCC1. The minimum absolute atomic E-state index is 0.140. The van der Waals surface area contributed by atoms with Gasteiger partial charge >= 0.3 is 5.97 Å². The number of amides is 1. The number of esters is 1. The number of nitrogens with zero attached hydrogens (tertiary/aromatic N) is 4. The Bertz CT molecular complexity index is 907. The maximum atomic E-state index is 14.1. The van der Waals surface area contributed by atoms with Crippen LogP contribution in [0.3, 0.4) is 0 Å². The van der Waals surface area contributed by atoms with Crippen molar-refractivity contribution in [1.82, 2.24) is 9.88 Å². The molecule has 1 amide bonds. The maximum Gasteiger partial charge on any atom is 0.329 e. The predicted octanol–water partition coefficient (Wildman–Crippen LogP) is 3.85. The van der Waals surface area contributed by atoms with E-state index >= 15 is 0 Å². The number of ether oxygens (including phenoxy) is 1. The van der Waals surface area contributed by atoms with Crippen LogP contribution in [0.1, 0.15) is 71.4 Å². The maximum absolute atomic E-state index is 14.1. The summed E-state index contributed by atoms with van der Waals surface area (Å²) in [4.78, 5) is 47.6. The molecule has 0 spiro atoms. The molecular formula is C25H38N4O5. The number of pyridine rings is 1. The summed E-state index contributed by atoms with van der Waals surface area (Å²) in [7, 11) is 3.64. The number of anilines is 1. The molecule has 1 aliphatic carbocycles. The highest BCUT2D eigenvalue weighted by atomic mass is 16.6. The summed E-state index contributed by atoms with van der Waals surface area (Å²) in [6, 6.07) is 0.383. The van der Waals surface area contributed by atoms with E-state index in [1.807, 2.05) is 34.9 Å². The van der Waals surface area contributed by atoms with Crippen molar-refractivity contribution >= 4 is 17.7 Å². The first kappa shape index (κ1) is 25.9. The Balaban J connectivity index is 2.27. The molecule has 1 saturated heterocycles. The third kappa shape index (κ3) is 4.88. The summed E-state index contributed by atoms with van der Waals surface area (Å²) in [6.45, 7) is 7.52. The molecule has 1 aliphatic heterocycles. The molecular weight excluding hydrogens is 436 g/mol. The molecule has 2 fully saturated rings. The Labute approximate surface area is 202 Å². The van der Waals surface area contributed by atoms with Crippen molar-refractivity contribution in [2.45, 2.75) is 77.9 Å². The van der Waals surface area contributed by atoms with E-state index < -0.39 is 35.4 Å². The topological polar surface area (TPSA) is 106 Å². The van der Waals surface area contributed by atoms with E-state index in [0.29, 0.717) is 11.4 Å². The number of aromatic nitrogens is 1. The monoisotopic (exact) mass is 474 g/mol. The van der Waals surface area contributed by atoms with Crippen molar-refractivity contribution < 1.29 is 19.2 Å². The van der Waals surface area contributed by atoms with Crippen molar-refractivity contribution in [2.24, 2.45) is 17.3 Å². The van der Waals surface area contributed by atoms with Gasteiger partial charge in [-0.3, -0.25) is 14.9 Å². The summed E-state index contributed by atoms with van der Waals surface area (Å²) >= 11 is 0. The van der Waals surface area contributed by atoms with E-state index in [-0.39, 0.29) is 23.4 Å². The second-order valence-corrected chi connectivity index (χ2v) is 10.7. The van der Waals surface area contributed by atoms with Crippen LogP contribution in [0, 0.1) is 27.4 Å². The second kappa shape index (κ2) is 10.3. The predicted molar refractivity (Wildman–Crippen MR) is 129 cm³/mol. The van der Waals surface area contributed by atoms with Gasteiger partial charge in [-0.25, -0.2) is 9.78 Å². The van der Waals surface area contributed by atoms with E-state index in [0.717, 1.165) is 32.1 Å². The molecule has 0 aromatic carbocycles. The molecule has 9 nitrogen and oxygen atoms in total. The van der Waals surface area contributed by atoms with Crippen LogP contribution in [-0.2, 0) is 14.3 Å². The Morgan fingerprint density at radius 2 is 1.88 bits per heavy atom. The van der Waals surface area contributed by atoms with Crippen molar-refractivity contribution in [3.05, 3.63) is 34.0 Å². The molecule has 3 rings (SSSR count). The number of likely N-dealkylation sites (tertiary alicyclic amines) is 1.